The number of nitro groups is 1. The van der Waals surface area contributed by atoms with Gasteiger partial charge >= 0.3 is 5.82 Å². The molecule has 0 saturated heterocycles. The smallest absolute Gasteiger partial charge is 0.363 e. The standard InChI is InChI=1S/C14H9N5O3S2/c1-8-4-2-3-5-9(8)10-16-17-14(22-10)24-11-12(19(20)21)18-6-7-23-13(18)15-11/h2-7H,1H3. The first-order chi connectivity index (χ1) is 11.6. The summed E-state index contributed by atoms with van der Waals surface area (Å²) in [7, 11) is 0. The number of nitrogens with zero attached hydrogens (tertiary/aromatic N) is 5. The van der Waals surface area contributed by atoms with Gasteiger partial charge in [0.1, 0.15) is 6.20 Å². The van der Waals surface area contributed by atoms with Gasteiger partial charge in [-0.1, -0.05) is 29.5 Å². The van der Waals surface area contributed by atoms with Gasteiger partial charge in [-0.2, -0.15) is 9.38 Å². The zero-order chi connectivity index (χ0) is 16.7. The number of benzene rings is 1. The summed E-state index contributed by atoms with van der Waals surface area (Å²) in [5.41, 5.74) is 1.84. The van der Waals surface area contributed by atoms with Gasteiger partial charge in [-0.05, 0) is 23.5 Å². The average Bonchev–Trinajstić information content (AvgIpc) is 3.23. The molecule has 3 heterocycles. The van der Waals surface area contributed by atoms with E-state index in [4.69, 9.17) is 4.42 Å². The molecule has 24 heavy (non-hydrogen) atoms. The molecule has 8 nitrogen and oxygen atoms in total. The summed E-state index contributed by atoms with van der Waals surface area (Å²) in [6.07, 6.45) is 1.61. The van der Waals surface area contributed by atoms with E-state index in [1.54, 1.807) is 11.6 Å². The first-order valence-corrected chi connectivity index (χ1v) is 8.50. The Labute approximate surface area is 143 Å². The predicted molar refractivity (Wildman–Crippen MR) is 88.3 cm³/mol. The van der Waals surface area contributed by atoms with Crippen LogP contribution in [0.2, 0.25) is 0 Å². The van der Waals surface area contributed by atoms with E-state index in [1.165, 1.54) is 15.7 Å². The molecule has 0 aliphatic carbocycles. The van der Waals surface area contributed by atoms with E-state index in [9.17, 15) is 10.1 Å². The molecule has 0 aliphatic heterocycles. The zero-order valence-electron chi connectivity index (χ0n) is 12.2. The molecule has 3 aromatic heterocycles. The second-order valence-corrected chi connectivity index (χ2v) is 6.66. The van der Waals surface area contributed by atoms with Crippen molar-refractivity contribution >= 4 is 33.9 Å². The lowest BCUT2D eigenvalue weighted by Crippen LogP contribution is -1.93. The zero-order valence-corrected chi connectivity index (χ0v) is 13.9. The van der Waals surface area contributed by atoms with Crippen molar-refractivity contribution in [2.24, 2.45) is 0 Å². The van der Waals surface area contributed by atoms with Gasteiger partial charge in [-0.25, -0.2) is 0 Å². The lowest BCUT2D eigenvalue weighted by Gasteiger charge is -1.98. The summed E-state index contributed by atoms with van der Waals surface area (Å²) in [6.45, 7) is 1.95. The Hall–Kier alpha value is -2.72. The molecule has 0 atom stereocenters. The Kier molecular flexibility index (Phi) is 3.54. The summed E-state index contributed by atoms with van der Waals surface area (Å²) in [4.78, 5) is 15.7. The minimum Gasteiger partial charge on any atom is -0.411 e. The Balaban J connectivity index is 1.70. The molecule has 1 aromatic carbocycles. The van der Waals surface area contributed by atoms with Gasteiger partial charge < -0.3 is 14.5 Å². The molecule has 0 N–H and O–H groups in total. The Morgan fingerprint density at radius 1 is 1.33 bits per heavy atom. The second kappa shape index (κ2) is 5.73. The molecule has 10 heteroatoms. The quantitative estimate of drug-likeness (QED) is 0.403. The topological polar surface area (TPSA) is 99.4 Å². The number of thiazole rings is 1. The van der Waals surface area contributed by atoms with E-state index >= 15 is 0 Å². The highest BCUT2D eigenvalue weighted by Gasteiger charge is 2.26. The minimum atomic E-state index is -0.465. The van der Waals surface area contributed by atoms with Crippen molar-refractivity contribution in [1.82, 2.24) is 19.6 Å². The van der Waals surface area contributed by atoms with E-state index in [2.05, 4.69) is 15.2 Å². The first-order valence-electron chi connectivity index (χ1n) is 6.81. The molecule has 0 spiro atoms. The SMILES string of the molecule is Cc1ccccc1-c1nnc(Sc2nc3sccn3c2[N+](=O)[O-])o1. The van der Waals surface area contributed by atoms with Crippen LogP contribution in [0.15, 0.2) is 50.5 Å². The molecule has 4 rings (SSSR count). The van der Waals surface area contributed by atoms with Crippen molar-refractivity contribution in [2.75, 3.05) is 0 Å². The Morgan fingerprint density at radius 2 is 2.17 bits per heavy atom. The number of rotatable bonds is 4. The van der Waals surface area contributed by atoms with Crippen LogP contribution in [0.4, 0.5) is 5.82 Å². The average molecular weight is 359 g/mol. The molecule has 0 amide bonds. The van der Waals surface area contributed by atoms with E-state index in [0.717, 1.165) is 22.9 Å². The summed E-state index contributed by atoms with van der Waals surface area (Å²) in [6, 6.07) is 7.63. The fraction of sp³-hybridized carbons (Fsp3) is 0.0714. The summed E-state index contributed by atoms with van der Waals surface area (Å²) < 4.78 is 7.07. The highest BCUT2D eigenvalue weighted by molar-refractivity contribution is 7.99. The van der Waals surface area contributed by atoms with Crippen molar-refractivity contribution < 1.29 is 9.34 Å². The van der Waals surface area contributed by atoms with Crippen molar-refractivity contribution in [3.05, 3.63) is 51.5 Å². The van der Waals surface area contributed by atoms with E-state index in [0.29, 0.717) is 10.9 Å². The number of aryl methyl sites for hydroxylation is 1. The highest BCUT2D eigenvalue weighted by atomic mass is 32.2. The predicted octanol–water partition coefficient (Wildman–Crippen LogP) is 3.81. The summed E-state index contributed by atoms with van der Waals surface area (Å²) in [5.74, 6) is 0.270. The lowest BCUT2D eigenvalue weighted by molar-refractivity contribution is -0.393. The van der Waals surface area contributed by atoms with Gasteiger partial charge in [0.2, 0.25) is 10.9 Å². The van der Waals surface area contributed by atoms with Crippen LogP contribution >= 0.6 is 23.1 Å². The molecule has 0 aliphatic rings. The van der Waals surface area contributed by atoms with E-state index in [1.807, 2.05) is 31.2 Å². The molecule has 0 fully saturated rings. The fourth-order valence-electron chi connectivity index (χ4n) is 2.24. The molecule has 0 unspecified atom stereocenters. The van der Waals surface area contributed by atoms with Crippen LogP contribution in [0.25, 0.3) is 16.4 Å². The van der Waals surface area contributed by atoms with Crippen molar-refractivity contribution in [1.29, 1.82) is 0 Å². The number of hydrogen-bond acceptors (Lipinski definition) is 8. The van der Waals surface area contributed by atoms with Crippen LogP contribution < -0.4 is 0 Å². The molecule has 0 bridgehead atoms. The normalized spacial score (nSPS) is 11.2. The van der Waals surface area contributed by atoms with Gasteiger partial charge in [-0.15, -0.1) is 10.2 Å². The van der Waals surface area contributed by atoms with Crippen LogP contribution in [-0.2, 0) is 0 Å². The van der Waals surface area contributed by atoms with Crippen LogP contribution in [0.5, 0.6) is 0 Å². The minimum absolute atomic E-state index is 0.105. The maximum absolute atomic E-state index is 11.3. The van der Waals surface area contributed by atoms with Crippen LogP contribution in [-0.4, -0.2) is 24.5 Å². The van der Waals surface area contributed by atoms with E-state index < -0.39 is 4.92 Å². The molecule has 0 saturated carbocycles. The Bertz CT molecular complexity index is 1050. The molecule has 0 radical (unpaired) electrons. The lowest BCUT2D eigenvalue weighted by atomic mass is 10.1. The van der Waals surface area contributed by atoms with Crippen LogP contribution in [0.3, 0.4) is 0 Å². The molecular weight excluding hydrogens is 350 g/mol. The molecule has 4 aromatic rings. The second-order valence-electron chi connectivity index (χ2n) is 4.84. The van der Waals surface area contributed by atoms with Gasteiger partial charge in [0.15, 0.2) is 0 Å². The van der Waals surface area contributed by atoms with E-state index in [-0.39, 0.29) is 16.1 Å². The number of hydrogen-bond donors (Lipinski definition) is 0. The largest absolute Gasteiger partial charge is 0.411 e. The van der Waals surface area contributed by atoms with Gasteiger partial charge in [-0.3, -0.25) is 0 Å². The first kappa shape index (κ1) is 14.8. The highest BCUT2D eigenvalue weighted by Crippen LogP contribution is 2.36. The fourth-order valence-corrected chi connectivity index (χ4v) is 3.77. The van der Waals surface area contributed by atoms with Gasteiger partial charge in [0.05, 0.1) is 0 Å². The van der Waals surface area contributed by atoms with Crippen LogP contribution in [0.1, 0.15) is 5.56 Å². The summed E-state index contributed by atoms with van der Waals surface area (Å²) in [5, 5.41) is 21.5. The monoisotopic (exact) mass is 359 g/mol. The maximum Gasteiger partial charge on any atom is 0.363 e. The number of fused-ring (bicyclic) bond motifs is 1. The Morgan fingerprint density at radius 3 is 2.96 bits per heavy atom. The third-order valence-electron chi connectivity index (χ3n) is 3.34. The third kappa shape index (κ3) is 2.45. The van der Waals surface area contributed by atoms with Crippen molar-refractivity contribution in [3.63, 3.8) is 0 Å². The van der Waals surface area contributed by atoms with Gasteiger partial charge in [0, 0.05) is 22.7 Å². The van der Waals surface area contributed by atoms with Gasteiger partial charge in [0.25, 0.3) is 10.2 Å². The third-order valence-corrected chi connectivity index (χ3v) is 4.91. The number of imidazole rings is 1. The van der Waals surface area contributed by atoms with Crippen molar-refractivity contribution in [3.8, 4) is 11.5 Å². The number of aromatic nitrogens is 4. The van der Waals surface area contributed by atoms with Crippen LogP contribution in [0, 0.1) is 17.0 Å². The molecule has 120 valence electrons. The summed E-state index contributed by atoms with van der Waals surface area (Å²) >= 11 is 2.31. The van der Waals surface area contributed by atoms with Crippen molar-refractivity contribution in [2.45, 2.75) is 17.2 Å². The molecular formula is C14H9N5O3S2. The maximum atomic E-state index is 11.3.